The molecule has 0 heterocycles. The van der Waals surface area contributed by atoms with E-state index in [4.69, 9.17) is 17.3 Å². The van der Waals surface area contributed by atoms with Gasteiger partial charge in [0.1, 0.15) is 5.75 Å². The summed E-state index contributed by atoms with van der Waals surface area (Å²) >= 11 is 5.76. The zero-order valence-electron chi connectivity index (χ0n) is 8.28. The monoisotopic (exact) mass is 227 g/mol. The minimum Gasteiger partial charge on any atom is -0.508 e. The average Bonchev–Trinajstić information content (AvgIpc) is 2.13. The van der Waals surface area contributed by atoms with Crippen molar-refractivity contribution in [1.82, 2.24) is 0 Å². The number of hydrogen-bond acceptors (Lipinski definition) is 3. The lowest BCUT2D eigenvalue weighted by atomic mass is 9.62. The maximum absolute atomic E-state index is 9.79. The van der Waals surface area contributed by atoms with Crippen LogP contribution in [0.2, 0.25) is 5.02 Å². The van der Waals surface area contributed by atoms with Gasteiger partial charge in [0.15, 0.2) is 0 Å². The number of nitrogens with two attached hydrogens (primary N) is 1. The summed E-state index contributed by atoms with van der Waals surface area (Å²) in [5.74, 6) is 0.167. The van der Waals surface area contributed by atoms with Crippen LogP contribution in [-0.4, -0.2) is 22.9 Å². The van der Waals surface area contributed by atoms with Crippen LogP contribution in [0.25, 0.3) is 0 Å². The molecule has 0 aromatic heterocycles. The number of aromatic hydroxyl groups is 1. The minimum atomic E-state index is -0.302. The molecule has 1 fully saturated rings. The van der Waals surface area contributed by atoms with Gasteiger partial charge in [-0.05, 0) is 25.0 Å². The van der Waals surface area contributed by atoms with Crippen LogP contribution in [0.15, 0.2) is 18.2 Å². The number of halogens is 1. The summed E-state index contributed by atoms with van der Waals surface area (Å²) in [7, 11) is 0. The number of aliphatic hydroxyl groups is 1. The van der Waals surface area contributed by atoms with Crippen molar-refractivity contribution in [2.24, 2.45) is 5.73 Å². The van der Waals surface area contributed by atoms with E-state index < -0.39 is 0 Å². The molecule has 0 saturated heterocycles. The Morgan fingerprint density at radius 3 is 2.60 bits per heavy atom. The molecular weight excluding hydrogens is 214 g/mol. The smallest absolute Gasteiger partial charge is 0.120 e. The Labute approximate surface area is 93.5 Å². The largest absolute Gasteiger partial charge is 0.508 e. The Morgan fingerprint density at radius 2 is 2.13 bits per heavy atom. The molecule has 0 radical (unpaired) electrons. The van der Waals surface area contributed by atoms with E-state index in [9.17, 15) is 10.2 Å². The zero-order chi connectivity index (χ0) is 11.1. The van der Waals surface area contributed by atoms with Crippen molar-refractivity contribution in [2.45, 2.75) is 24.4 Å². The molecule has 3 nitrogen and oxygen atoms in total. The molecule has 1 aliphatic carbocycles. The second kappa shape index (κ2) is 3.67. The average molecular weight is 228 g/mol. The van der Waals surface area contributed by atoms with Crippen molar-refractivity contribution in [3.8, 4) is 5.75 Å². The van der Waals surface area contributed by atoms with E-state index in [0.29, 0.717) is 24.4 Å². The zero-order valence-corrected chi connectivity index (χ0v) is 9.04. The number of rotatable bonds is 2. The molecule has 4 heteroatoms. The fourth-order valence-electron chi connectivity index (χ4n) is 2.29. The summed E-state index contributed by atoms with van der Waals surface area (Å²) in [6.45, 7) is 0.430. The van der Waals surface area contributed by atoms with Gasteiger partial charge in [-0.25, -0.2) is 0 Å². The maximum Gasteiger partial charge on any atom is 0.120 e. The summed E-state index contributed by atoms with van der Waals surface area (Å²) < 4.78 is 0. The predicted octanol–water partition coefficient (Wildman–Crippen LogP) is 1.40. The fourth-order valence-corrected chi connectivity index (χ4v) is 2.46. The molecule has 0 aliphatic heterocycles. The van der Waals surface area contributed by atoms with E-state index in [0.717, 1.165) is 5.56 Å². The molecule has 1 saturated carbocycles. The summed E-state index contributed by atoms with van der Waals surface area (Å²) in [6, 6.07) is 5.04. The molecule has 15 heavy (non-hydrogen) atoms. The van der Waals surface area contributed by atoms with Gasteiger partial charge in [0.2, 0.25) is 0 Å². The molecule has 0 bridgehead atoms. The lowest BCUT2D eigenvalue weighted by Crippen LogP contribution is -2.49. The summed E-state index contributed by atoms with van der Waals surface area (Å²) in [4.78, 5) is 0. The van der Waals surface area contributed by atoms with E-state index in [2.05, 4.69) is 0 Å². The molecule has 0 amide bonds. The number of phenols is 1. The standard InChI is InChI=1S/C11H14ClNO2/c12-7-1-2-9(10(15)3-7)11(6-13)4-8(14)5-11/h1-3,8,14-15H,4-6,13H2. The molecular formula is C11H14ClNO2. The van der Waals surface area contributed by atoms with Gasteiger partial charge in [-0.2, -0.15) is 0 Å². The van der Waals surface area contributed by atoms with Gasteiger partial charge in [0.25, 0.3) is 0 Å². The van der Waals surface area contributed by atoms with Gasteiger partial charge in [-0.15, -0.1) is 0 Å². The first-order valence-corrected chi connectivity index (χ1v) is 5.32. The second-order valence-corrected chi connectivity index (χ2v) is 4.64. The third kappa shape index (κ3) is 1.71. The number of benzene rings is 1. The molecule has 4 N–H and O–H groups in total. The third-order valence-corrected chi connectivity index (χ3v) is 3.41. The molecule has 0 atom stereocenters. The minimum absolute atomic E-state index is 0.167. The molecule has 82 valence electrons. The van der Waals surface area contributed by atoms with Crippen molar-refractivity contribution in [3.63, 3.8) is 0 Å². The highest BCUT2D eigenvalue weighted by Crippen LogP contribution is 2.46. The van der Waals surface area contributed by atoms with Crippen molar-refractivity contribution in [1.29, 1.82) is 0 Å². The topological polar surface area (TPSA) is 66.5 Å². The van der Waals surface area contributed by atoms with E-state index >= 15 is 0 Å². The van der Waals surface area contributed by atoms with Crippen molar-refractivity contribution >= 4 is 11.6 Å². The van der Waals surface area contributed by atoms with Gasteiger partial charge in [-0.1, -0.05) is 17.7 Å². The molecule has 0 spiro atoms. The summed E-state index contributed by atoms with van der Waals surface area (Å²) in [5.41, 5.74) is 6.24. The van der Waals surface area contributed by atoms with Gasteiger partial charge >= 0.3 is 0 Å². The lowest BCUT2D eigenvalue weighted by Gasteiger charge is -2.45. The van der Waals surface area contributed by atoms with Crippen LogP contribution in [0.5, 0.6) is 5.75 Å². The van der Waals surface area contributed by atoms with Crippen molar-refractivity contribution in [2.75, 3.05) is 6.54 Å². The van der Waals surface area contributed by atoms with Crippen LogP contribution in [0.4, 0.5) is 0 Å². The Bertz CT molecular complexity index is 375. The van der Waals surface area contributed by atoms with Crippen LogP contribution >= 0.6 is 11.6 Å². The van der Waals surface area contributed by atoms with Crippen LogP contribution in [0.1, 0.15) is 18.4 Å². The van der Waals surface area contributed by atoms with Gasteiger partial charge in [-0.3, -0.25) is 0 Å². The molecule has 1 aromatic carbocycles. The lowest BCUT2D eigenvalue weighted by molar-refractivity contribution is 0.0211. The summed E-state index contributed by atoms with van der Waals surface area (Å²) in [5, 5.41) is 19.6. The normalized spacial score (nSPS) is 29.9. The second-order valence-electron chi connectivity index (χ2n) is 4.21. The first-order chi connectivity index (χ1) is 7.07. The SMILES string of the molecule is NCC1(c2ccc(Cl)cc2O)CC(O)C1. The van der Waals surface area contributed by atoms with Crippen molar-refractivity contribution < 1.29 is 10.2 Å². The molecule has 0 unspecified atom stereocenters. The maximum atomic E-state index is 9.79. The van der Waals surface area contributed by atoms with E-state index in [-0.39, 0.29) is 17.3 Å². The summed E-state index contributed by atoms with van der Waals surface area (Å²) in [6.07, 6.45) is 0.917. The van der Waals surface area contributed by atoms with Crippen molar-refractivity contribution in [3.05, 3.63) is 28.8 Å². The van der Waals surface area contributed by atoms with Crippen LogP contribution in [0.3, 0.4) is 0 Å². The highest BCUT2D eigenvalue weighted by atomic mass is 35.5. The van der Waals surface area contributed by atoms with Gasteiger partial charge in [0, 0.05) is 22.5 Å². The van der Waals surface area contributed by atoms with E-state index in [1.165, 1.54) is 6.07 Å². The van der Waals surface area contributed by atoms with Crippen LogP contribution in [0, 0.1) is 0 Å². The quantitative estimate of drug-likeness (QED) is 0.716. The third-order valence-electron chi connectivity index (χ3n) is 3.17. The predicted molar refractivity (Wildman–Crippen MR) is 59.1 cm³/mol. The number of aliphatic hydroxyl groups excluding tert-OH is 1. The first-order valence-electron chi connectivity index (χ1n) is 4.94. The van der Waals surface area contributed by atoms with Gasteiger partial charge in [0.05, 0.1) is 6.10 Å². The van der Waals surface area contributed by atoms with E-state index in [1.54, 1.807) is 12.1 Å². The highest BCUT2D eigenvalue weighted by molar-refractivity contribution is 6.30. The first kappa shape index (κ1) is 10.7. The molecule has 1 aliphatic rings. The Balaban J connectivity index is 2.36. The number of hydrogen-bond donors (Lipinski definition) is 3. The Morgan fingerprint density at radius 1 is 1.47 bits per heavy atom. The van der Waals surface area contributed by atoms with Crippen LogP contribution < -0.4 is 5.73 Å². The number of phenolic OH excluding ortho intramolecular Hbond substituents is 1. The van der Waals surface area contributed by atoms with Crippen LogP contribution in [-0.2, 0) is 5.41 Å². The van der Waals surface area contributed by atoms with Gasteiger partial charge < -0.3 is 15.9 Å². The highest BCUT2D eigenvalue weighted by Gasteiger charge is 2.45. The Kier molecular flexibility index (Phi) is 2.63. The van der Waals surface area contributed by atoms with E-state index in [1.807, 2.05) is 0 Å². The molecule has 2 rings (SSSR count). The molecule has 1 aromatic rings. The Hall–Kier alpha value is -0.770. The fraction of sp³-hybridized carbons (Fsp3) is 0.455.